The predicted octanol–water partition coefficient (Wildman–Crippen LogP) is 5.05. The van der Waals surface area contributed by atoms with Crippen molar-refractivity contribution in [3.63, 3.8) is 0 Å². The van der Waals surface area contributed by atoms with Gasteiger partial charge in [0.25, 0.3) is 0 Å². The number of aryl methyl sites for hydroxylation is 1. The molecule has 0 saturated carbocycles. The third-order valence-corrected chi connectivity index (χ3v) is 6.89. The summed E-state index contributed by atoms with van der Waals surface area (Å²) in [5.74, 6) is 0.951. The van der Waals surface area contributed by atoms with E-state index in [-0.39, 0.29) is 6.04 Å². The first-order chi connectivity index (χ1) is 17.3. The SMILES string of the molecule is CCCCn1nnnc1C(c1cccc2ccccc12)N1CCN(C/C=C/c2ccccc2)CC1. The molecule has 0 N–H and O–H groups in total. The Labute approximate surface area is 207 Å². The van der Waals surface area contributed by atoms with Crippen LogP contribution in [0.5, 0.6) is 0 Å². The Kier molecular flexibility index (Phi) is 7.61. The molecule has 5 rings (SSSR count). The summed E-state index contributed by atoms with van der Waals surface area (Å²) in [6, 6.07) is 25.8. The van der Waals surface area contributed by atoms with E-state index in [2.05, 4.69) is 117 Å². The lowest BCUT2D eigenvalue weighted by Crippen LogP contribution is -2.48. The van der Waals surface area contributed by atoms with E-state index in [1.54, 1.807) is 0 Å². The minimum absolute atomic E-state index is 0.0370. The molecule has 4 aromatic rings. The number of tetrazole rings is 1. The van der Waals surface area contributed by atoms with Crippen LogP contribution >= 0.6 is 0 Å². The van der Waals surface area contributed by atoms with Crippen molar-refractivity contribution >= 4 is 16.8 Å². The van der Waals surface area contributed by atoms with Gasteiger partial charge in [-0.2, -0.15) is 0 Å². The molecule has 0 aliphatic carbocycles. The summed E-state index contributed by atoms with van der Waals surface area (Å²) < 4.78 is 2.02. The summed E-state index contributed by atoms with van der Waals surface area (Å²) in [6.07, 6.45) is 6.68. The number of unbranched alkanes of at least 4 members (excludes halogenated alkanes) is 1. The Morgan fingerprint density at radius 1 is 0.886 bits per heavy atom. The second kappa shape index (κ2) is 11.4. The number of benzene rings is 3. The van der Waals surface area contributed by atoms with Crippen LogP contribution in [0.1, 0.15) is 42.8 Å². The Balaban J connectivity index is 1.37. The van der Waals surface area contributed by atoms with E-state index >= 15 is 0 Å². The van der Waals surface area contributed by atoms with Crippen LogP contribution in [0.2, 0.25) is 0 Å². The molecular weight excluding hydrogens is 432 g/mol. The van der Waals surface area contributed by atoms with Crippen LogP contribution in [0.4, 0.5) is 0 Å². The van der Waals surface area contributed by atoms with Crippen molar-refractivity contribution in [2.75, 3.05) is 32.7 Å². The highest BCUT2D eigenvalue weighted by Crippen LogP contribution is 2.33. The lowest BCUT2D eigenvalue weighted by molar-refractivity contribution is 0.113. The van der Waals surface area contributed by atoms with Gasteiger partial charge < -0.3 is 0 Å². The molecular formula is C29H34N6. The van der Waals surface area contributed by atoms with Gasteiger partial charge in [0.1, 0.15) is 0 Å². The van der Waals surface area contributed by atoms with Crippen LogP contribution in [0, 0.1) is 0 Å². The summed E-state index contributed by atoms with van der Waals surface area (Å²) in [5, 5.41) is 15.6. The Bertz CT molecular complexity index is 1240. The first-order valence-corrected chi connectivity index (χ1v) is 12.7. The van der Waals surface area contributed by atoms with E-state index in [9.17, 15) is 0 Å². The van der Waals surface area contributed by atoms with Gasteiger partial charge >= 0.3 is 0 Å². The van der Waals surface area contributed by atoms with E-state index in [0.29, 0.717) is 0 Å². The number of hydrogen-bond donors (Lipinski definition) is 0. The van der Waals surface area contributed by atoms with Gasteiger partial charge in [0.2, 0.25) is 0 Å². The van der Waals surface area contributed by atoms with Gasteiger partial charge in [-0.3, -0.25) is 9.80 Å². The van der Waals surface area contributed by atoms with E-state index in [0.717, 1.165) is 57.9 Å². The maximum atomic E-state index is 4.57. The molecule has 1 fully saturated rings. The zero-order valence-corrected chi connectivity index (χ0v) is 20.5. The minimum atomic E-state index is 0.0370. The molecule has 3 aromatic carbocycles. The second-order valence-electron chi connectivity index (χ2n) is 9.23. The van der Waals surface area contributed by atoms with Crippen LogP contribution in [0.15, 0.2) is 78.9 Å². The largest absolute Gasteiger partial charge is 0.297 e. The van der Waals surface area contributed by atoms with Gasteiger partial charge in [-0.25, -0.2) is 4.68 Å². The van der Waals surface area contributed by atoms with Crippen LogP contribution in [0.25, 0.3) is 16.8 Å². The maximum absolute atomic E-state index is 4.57. The van der Waals surface area contributed by atoms with Crippen molar-refractivity contribution in [1.29, 1.82) is 0 Å². The van der Waals surface area contributed by atoms with E-state index < -0.39 is 0 Å². The molecule has 180 valence electrons. The summed E-state index contributed by atoms with van der Waals surface area (Å²) in [7, 11) is 0. The fourth-order valence-corrected chi connectivity index (χ4v) is 4.97. The number of aromatic nitrogens is 4. The molecule has 6 heteroatoms. The van der Waals surface area contributed by atoms with Crippen LogP contribution in [-0.2, 0) is 6.54 Å². The van der Waals surface area contributed by atoms with Crippen LogP contribution in [0.3, 0.4) is 0 Å². The lowest BCUT2D eigenvalue weighted by atomic mass is 9.96. The van der Waals surface area contributed by atoms with Gasteiger partial charge in [0, 0.05) is 39.3 Å². The standard InChI is InChI=1S/C29H34N6/c1-2-3-19-35-29(30-31-32-35)28(27-17-9-15-25-14-7-8-16-26(25)27)34-22-20-33(21-23-34)18-10-13-24-11-5-4-6-12-24/h4-17,28H,2-3,18-23H2,1H3/b13-10+. The molecule has 1 saturated heterocycles. The van der Waals surface area contributed by atoms with Gasteiger partial charge in [0.15, 0.2) is 5.82 Å². The van der Waals surface area contributed by atoms with Crippen molar-refractivity contribution in [3.8, 4) is 0 Å². The Morgan fingerprint density at radius 2 is 1.66 bits per heavy atom. The fourth-order valence-electron chi connectivity index (χ4n) is 4.97. The van der Waals surface area contributed by atoms with Crippen LogP contribution < -0.4 is 0 Å². The van der Waals surface area contributed by atoms with Crippen molar-refractivity contribution < 1.29 is 0 Å². The number of rotatable bonds is 9. The number of piperazine rings is 1. The number of fused-ring (bicyclic) bond motifs is 1. The number of hydrogen-bond acceptors (Lipinski definition) is 5. The van der Waals surface area contributed by atoms with E-state index in [1.807, 2.05) is 4.68 Å². The Hall–Kier alpha value is -3.35. The molecule has 35 heavy (non-hydrogen) atoms. The lowest BCUT2D eigenvalue weighted by Gasteiger charge is -2.39. The fraction of sp³-hybridized carbons (Fsp3) is 0.345. The highest BCUT2D eigenvalue weighted by Gasteiger charge is 2.31. The highest BCUT2D eigenvalue weighted by molar-refractivity contribution is 5.86. The Morgan fingerprint density at radius 3 is 2.49 bits per heavy atom. The highest BCUT2D eigenvalue weighted by atomic mass is 15.6. The normalized spacial score (nSPS) is 16.3. The molecule has 0 amide bonds. The monoisotopic (exact) mass is 466 g/mol. The van der Waals surface area contributed by atoms with Gasteiger partial charge in [-0.1, -0.05) is 98.3 Å². The molecule has 1 aliphatic heterocycles. The quantitative estimate of drug-likeness (QED) is 0.346. The zero-order chi connectivity index (χ0) is 23.9. The van der Waals surface area contributed by atoms with E-state index in [4.69, 9.17) is 0 Å². The first kappa shape index (κ1) is 23.4. The van der Waals surface area contributed by atoms with Crippen molar-refractivity contribution in [1.82, 2.24) is 30.0 Å². The van der Waals surface area contributed by atoms with Crippen LogP contribution in [-0.4, -0.2) is 62.7 Å². The van der Waals surface area contributed by atoms with E-state index in [1.165, 1.54) is 21.9 Å². The predicted molar refractivity (Wildman–Crippen MR) is 142 cm³/mol. The minimum Gasteiger partial charge on any atom is -0.297 e. The average molecular weight is 467 g/mol. The number of nitrogens with zero attached hydrogens (tertiary/aromatic N) is 6. The zero-order valence-electron chi connectivity index (χ0n) is 20.5. The van der Waals surface area contributed by atoms with Crippen molar-refractivity contribution in [2.24, 2.45) is 0 Å². The molecule has 1 aliphatic rings. The maximum Gasteiger partial charge on any atom is 0.173 e. The third kappa shape index (κ3) is 5.50. The summed E-state index contributed by atoms with van der Waals surface area (Å²) in [4.78, 5) is 5.09. The molecule has 1 unspecified atom stereocenters. The average Bonchev–Trinajstić information content (AvgIpc) is 3.37. The van der Waals surface area contributed by atoms with Gasteiger partial charge in [-0.15, -0.1) is 5.10 Å². The summed E-state index contributed by atoms with van der Waals surface area (Å²) in [6.45, 7) is 8.03. The molecule has 1 atom stereocenters. The summed E-state index contributed by atoms with van der Waals surface area (Å²) >= 11 is 0. The smallest absolute Gasteiger partial charge is 0.173 e. The molecule has 0 radical (unpaired) electrons. The topological polar surface area (TPSA) is 50.1 Å². The van der Waals surface area contributed by atoms with Crippen molar-refractivity contribution in [2.45, 2.75) is 32.4 Å². The molecule has 2 heterocycles. The molecule has 6 nitrogen and oxygen atoms in total. The van der Waals surface area contributed by atoms with Gasteiger partial charge in [0.05, 0.1) is 6.04 Å². The van der Waals surface area contributed by atoms with Crippen molar-refractivity contribution in [3.05, 3.63) is 95.8 Å². The molecule has 1 aromatic heterocycles. The second-order valence-corrected chi connectivity index (χ2v) is 9.23. The molecule has 0 bridgehead atoms. The van der Waals surface area contributed by atoms with Gasteiger partial charge in [-0.05, 0) is 38.7 Å². The third-order valence-electron chi connectivity index (χ3n) is 6.89. The summed E-state index contributed by atoms with van der Waals surface area (Å²) in [5.41, 5.74) is 2.54. The first-order valence-electron chi connectivity index (χ1n) is 12.7. The molecule has 0 spiro atoms.